The maximum atomic E-state index is 5.46. The molecule has 74 valence electrons. The van der Waals surface area contributed by atoms with Gasteiger partial charge in [0.05, 0.1) is 10.2 Å². The Bertz CT molecular complexity index is 420. The predicted molar refractivity (Wildman–Crippen MR) is 60.0 cm³/mol. The highest BCUT2D eigenvalue weighted by atomic mass is 32.1. The normalized spacial score (nSPS) is 13.3. The molecule has 0 saturated carbocycles. The van der Waals surface area contributed by atoms with E-state index in [9.17, 15) is 0 Å². The molecule has 2 aromatic heterocycles. The van der Waals surface area contributed by atoms with E-state index in [4.69, 9.17) is 5.84 Å². The highest BCUT2D eigenvalue weighted by Crippen LogP contribution is 2.23. The largest absolute Gasteiger partial charge is 0.271 e. The molecule has 0 aliphatic carbocycles. The van der Waals surface area contributed by atoms with Gasteiger partial charge in [0, 0.05) is 12.2 Å². The first-order valence-electron chi connectivity index (χ1n) is 4.64. The number of rotatable bonds is 3. The zero-order chi connectivity index (χ0) is 9.97. The fraction of sp³-hybridized carbons (Fsp3) is 0.300. The third-order valence-electron chi connectivity index (χ3n) is 2.34. The lowest BCUT2D eigenvalue weighted by atomic mass is 10.1. The molecule has 0 radical (unpaired) electrons. The van der Waals surface area contributed by atoms with Crippen molar-refractivity contribution in [2.24, 2.45) is 5.84 Å². The molecule has 0 saturated heterocycles. The summed E-state index contributed by atoms with van der Waals surface area (Å²) < 4.78 is 1.22. The van der Waals surface area contributed by atoms with Crippen LogP contribution in [0.1, 0.15) is 24.9 Å². The van der Waals surface area contributed by atoms with Gasteiger partial charge in [-0.3, -0.25) is 16.3 Å². The van der Waals surface area contributed by atoms with Crippen molar-refractivity contribution in [2.45, 2.75) is 19.4 Å². The van der Waals surface area contributed by atoms with E-state index < -0.39 is 0 Å². The average molecular weight is 207 g/mol. The molecule has 0 fully saturated rings. The molecule has 14 heavy (non-hydrogen) atoms. The molecule has 0 bridgehead atoms. The van der Waals surface area contributed by atoms with Crippen LogP contribution < -0.4 is 11.3 Å². The summed E-state index contributed by atoms with van der Waals surface area (Å²) >= 11 is 1.71. The van der Waals surface area contributed by atoms with E-state index >= 15 is 0 Å². The van der Waals surface area contributed by atoms with E-state index in [0.717, 1.165) is 17.5 Å². The Hall–Kier alpha value is -0.970. The Morgan fingerprint density at radius 1 is 1.64 bits per heavy atom. The SMILES string of the molecule is CCC(NN)c1cnc2ccsc2c1. The molecule has 1 atom stereocenters. The van der Waals surface area contributed by atoms with Crippen LogP contribution >= 0.6 is 11.3 Å². The van der Waals surface area contributed by atoms with Gasteiger partial charge in [-0.2, -0.15) is 0 Å². The van der Waals surface area contributed by atoms with Crippen molar-refractivity contribution in [1.29, 1.82) is 0 Å². The van der Waals surface area contributed by atoms with Gasteiger partial charge in [-0.15, -0.1) is 11.3 Å². The molecule has 0 aliphatic heterocycles. The van der Waals surface area contributed by atoms with Crippen molar-refractivity contribution in [3.8, 4) is 0 Å². The average Bonchev–Trinajstić information content (AvgIpc) is 2.66. The molecule has 2 rings (SSSR count). The number of fused-ring (bicyclic) bond motifs is 1. The standard InChI is InChI=1S/C10H13N3S/c1-2-8(13-11)7-5-10-9(12-6-7)3-4-14-10/h3-6,8,13H,2,11H2,1H3. The lowest BCUT2D eigenvalue weighted by Crippen LogP contribution is -2.27. The van der Waals surface area contributed by atoms with E-state index in [0.29, 0.717) is 0 Å². The van der Waals surface area contributed by atoms with Crippen molar-refractivity contribution in [3.05, 3.63) is 29.3 Å². The molecule has 0 aromatic carbocycles. The minimum Gasteiger partial charge on any atom is -0.271 e. The summed E-state index contributed by atoms with van der Waals surface area (Å²) in [7, 11) is 0. The van der Waals surface area contributed by atoms with Crippen molar-refractivity contribution < 1.29 is 0 Å². The molecule has 0 aliphatic rings. The van der Waals surface area contributed by atoms with Crippen molar-refractivity contribution in [1.82, 2.24) is 10.4 Å². The summed E-state index contributed by atoms with van der Waals surface area (Å²) in [6.07, 6.45) is 2.86. The molecule has 3 nitrogen and oxygen atoms in total. The lowest BCUT2D eigenvalue weighted by Gasteiger charge is -2.12. The summed E-state index contributed by atoms with van der Waals surface area (Å²) in [4.78, 5) is 4.37. The Labute approximate surface area is 86.9 Å². The second-order valence-electron chi connectivity index (χ2n) is 3.20. The van der Waals surface area contributed by atoms with Crippen LogP contribution in [-0.2, 0) is 0 Å². The fourth-order valence-corrected chi connectivity index (χ4v) is 2.29. The zero-order valence-corrected chi connectivity index (χ0v) is 8.84. The number of pyridine rings is 1. The first-order chi connectivity index (χ1) is 6.85. The Balaban J connectivity index is 2.42. The van der Waals surface area contributed by atoms with Crippen molar-refractivity contribution in [2.75, 3.05) is 0 Å². The quantitative estimate of drug-likeness (QED) is 0.599. The van der Waals surface area contributed by atoms with Crippen LogP contribution in [0.5, 0.6) is 0 Å². The molecule has 3 N–H and O–H groups in total. The van der Waals surface area contributed by atoms with Crippen LogP contribution in [-0.4, -0.2) is 4.98 Å². The van der Waals surface area contributed by atoms with Crippen LogP contribution in [0.3, 0.4) is 0 Å². The highest BCUT2D eigenvalue weighted by molar-refractivity contribution is 7.17. The van der Waals surface area contributed by atoms with E-state index in [-0.39, 0.29) is 6.04 Å². The topological polar surface area (TPSA) is 50.9 Å². The van der Waals surface area contributed by atoms with E-state index in [1.54, 1.807) is 11.3 Å². The van der Waals surface area contributed by atoms with Gasteiger partial charge >= 0.3 is 0 Å². The van der Waals surface area contributed by atoms with Crippen LogP contribution in [0.15, 0.2) is 23.7 Å². The van der Waals surface area contributed by atoms with Crippen LogP contribution in [0, 0.1) is 0 Å². The first kappa shape index (κ1) is 9.58. The number of nitrogens with zero attached hydrogens (tertiary/aromatic N) is 1. The Morgan fingerprint density at radius 2 is 2.50 bits per heavy atom. The molecular formula is C10H13N3S. The number of thiophene rings is 1. The maximum Gasteiger partial charge on any atom is 0.0809 e. The van der Waals surface area contributed by atoms with Gasteiger partial charge < -0.3 is 0 Å². The van der Waals surface area contributed by atoms with E-state index in [1.807, 2.05) is 12.3 Å². The lowest BCUT2D eigenvalue weighted by molar-refractivity contribution is 0.538. The summed E-state index contributed by atoms with van der Waals surface area (Å²) in [5.74, 6) is 5.46. The summed E-state index contributed by atoms with van der Waals surface area (Å²) in [6, 6.07) is 4.38. The Morgan fingerprint density at radius 3 is 3.21 bits per heavy atom. The van der Waals surface area contributed by atoms with E-state index in [1.165, 1.54) is 4.70 Å². The highest BCUT2D eigenvalue weighted by Gasteiger charge is 2.08. The number of aromatic nitrogens is 1. The predicted octanol–water partition coefficient (Wildman–Crippen LogP) is 2.21. The number of hydrogen-bond donors (Lipinski definition) is 2. The van der Waals surface area contributed by atoms with Crippen molar-refractivity contribution in [3.63, 3.8) is 0 Å². The summed E-state index contributed by atoms with van der Waals surface area (Å²) in [6.45, 7) is 2.10. The molecule has 4 heteroatoms. The number of nitrogens with two attached hydrogens (primary N) is 1. The van der Waals surface area contributed by atoms with Gasteiger partial charge in [-0.25, -0.2) is 0 Å². The van der Waals surface area contributed by atoms with E-state index in [2.05, 4.69) is 28.8 Å². The summed E-state index contributed by atoms with van der Waals surface area (Å²) in [5, 5.41) is 2.05. The molecule has 1 unspecified atom stereocenters. The number of hydrogen-bond acceptors (Lipinski definition) is 4. The first-order valence-corrected chi connectivity index (χ1v) is 5.52. The maximum absolute atomic E-state index is 5.46. The minimum atomic E-state index is 0.203. The van der Waals surface area contributed by atoms with Crippen LogP contribution in [0.4, 0.5) is 0 Å². The molecule has 2 heterocycles. The smallest absolute Gasteiger partial charge is 0.0809 e. The zero-order valence-electron chi connectivity index (χ0n) is 8.03. The van der Waals surface area contributed by atoms with Crippen molar-refractivity contribution >= 4 is 21.6 Å². The van der Waals surface area contributed by atoms with Gasteiger partial charge in [0.2, 0.25) is 0 Å². The Kier molecular flexibility index (Phi) is 2.77. The van der Waals surface area contributed by atoms with Gasteiger partial charge in [0.15, 0.2) is 0 Å². The minimum absolute atomic E-state index is 0.203. The number of hydrazine groups is 1. The second-order valence-corrected chi connectivity index (χ2v) is 4.15. The summed E-state index contributed by atoms with van der Waals surface area (Å²) in [5.41, 5.74) is 5.01. The monoisotopic (exact) mass is 207 g/mol. The molecule has 0 amide bonds. The van der Waals surface area contributed by atoms with Gasteiger partial charge in [-0.05, 0) is 29.5 Å². The van der Waals surface area contributed by atoms with Gasteiger partial charge in [-0.1, -0.05) is 6.92 Å². The second kappa shape index (κ2) is 4.04. The molecular weight excluding hydrogens is 194 g/mol. The third kappa shape index (κ3) is 1.64. The molecule has 2 aromatic rings. The molecule has 0 spiro atoms. The van der Waals surface area contributed by atoms with Crippen LogP contribution in [0.25, 0.3) is 10.2 Å². The fourth-order valence-electron chi connectivity index (χ4n) is 1.50. The van der Waals surface area contributed by atoms with Crippen LogP contribution in [0.2, 0.25) is 0 Å². The van der Waals surface area contributed by atoms with Gasteiger partial charge in [0.1, 0.15) is 0 Å². The third-order valence-corrected chi connectivity index (χ3v) is 3.19. The number of nitrogens with one attached hydrogen (secondary N) is 1. The van der Waals surface area contributed by atoms with Gasteiger partial charge in [0.25, 0.3) is 0 Å².